The molecule has 0 fully saturated rings. The van der Waals surface area contributed by atoms with Gasteiger partial charge in [-0.05, 0) is 17.7 Å². The second kappa shape index (κ2) is 4.20. The number of methoxy groups -OCH3 is 1. The minimum Gasteiger partial charge on any atom is -0.494 e. The maximum absolute atomic E-state index is 12.9. The van der Waals surface area contributed by atoms with Crippen molar-refractivity contribution in [3.05, 3.63) is 29.6 Å². The number of halogens is 1. The van der Waals surface area contributed by atoms with Gasteiger partial charge in [0.15, 0.2) is 11.6 Å². The Hall–Kier alpha value is -1.13. The molecule has 1 rings (SSSR count). The molecular formula is C9H12FNO2. The van der Waals surface area contributed by atoms with Crippen molar-refractivity contribution in [2.24, 2.45) is 5.73 Å². The van der Waals surface area contributed by atoms with Crippen molar-refractivity contribution >= 4 is 0 Å². The van der Waals surface area contributed by atoms with Crippen LogP contribution < -0.4 is 10.5 Å². The van der Waals surface area contributed by atoms with Gasteiger partial charge in [-0.3, -0.25) is 0 Å². The smallest absolute Gasteiger partial charge is 0.165 e. The third kappa shape index (κ3) is 2.17. The first kappa shape index (κ1) is 9.95. The Morgan fingerprint density at radius 1 is 1.62 bits per heavy atom. The van der Waals surface area contributed by atoms with Crippen LogP contribution in [0.1, 0.15) is 11.6 Å². The van der Waals surface area contributed by atoms with Crippen LogP contribution in [0.5, 0.6) is 5.75 Å². The Labute approximate surface area is 75.9 Å². The van der Waals surface area contributed by atoms with Gasteiger partial charge in [0.05, 0.1) is 19.8 Å². The highest BCUT2D eigenvalue weighted by Gasteiger charge is 2.08. The van der Waals surface area contributed by atoms with Crippen molar-refractivity contribution in [3.8, 4) is 5.75 Å². The van der Waals surface area contributed by atoms with E-state index in [4.69, 9.17) is 15.6 Å². The molecule has 13 heavy (non-hydrogen) atoms. The van der Waals surface area contributed by atoms with Gasteiger partial charge in [-0.15, -0.1) is 0 Å². The Kier molecular flexibility index (Phi) is 3.22. The molecule has 0 aliphatic heterocycles. The zero-order valence-electron chi connectivity index (χ0n) is 7.33. The first-order chi connectivity index (χ1) is 6.19. The maximum Gasteiger partial charge on any atom is 0.165 e. The van der Waals surface area contributed by atoms with Crippen molar-refractivity contribution in [1.29, 1.82) is 0 Å². The van der Waals surface area contributed by atoms with E-state index in [0.717, 1.165) is 0 Å². The molecule has 0 amide bonds. The van der Waals surface area contributed by atoms with E-state index in [1.54, 1.807) is 0 Å². The normalized spacial score (nSPS) is 12.6. The summed E-state index contributed by atoms with van der Waals surface area (Å²) in [6.07, 6.45) is 0. The molecule has 0 spiro atoms. The molecule has 0 aliphatic carbocycles. The highest BCUT2D eigenvalue weighted by molar-refractivity contribution is 5.31. The van der Waals surface area contributed by atoms with Crippen molar-refractivity contribution in [3.63, 3.8) is 0 Å². The van der Waals surface area contributed by atoms with Gasteiger partial charge in [-0.2, -0.15) is 0 Å². The van der Waals surface area contributed by atoms with Crippen LogP contribution in [-0.4, -0.2) is 18.8 Å². The average molecular weight is 185 g/mol. The van der Waals surface area contributed by atoms with E-state index < -0.39 is 11.9 Å². The standard InChI is InChI=1S/C9H12FNO2/c1-13-9-4-6(8(11)5-12)2-3-7(9)10/h2-4,8,12H,5,11H2,1H3/t8-/m0/s1. The average Bonchev–Trinajstić information content (AvgIpc) is 2.17. The third-order valence-corrected chi connectivity index (χ3v) is 1.80. The van der Waals surface area contributed by atoms with E-state index in [2.05, 4.69) is 0 Å². The van der Waals surface area contributed by atoms with Gasteiger partial charge in [-0.25, -0.2) is 4.39 Å². The molecule has 1 atom stereocenters. The quantitative estimate of drug-likeness (QED) is 0.733. The van der Waals surface area contributed by atoms with Crippen LogP contribution in [0.2, 0.25) is 0 Å². The number of benzene rings is 1. The summed E-state index contributed by atoms with van der Waals surface area (Å²) in [7, 11) is 1.38. The number of aliphatic hydroxyl groups excluding tert-OH is 1. The fourth-order valence-corrected chi connectivity index (χ4v) is 1.01. The fraction of sp³-hybridized carbons (Fsp3) is 0.333. The molecule has 1 aromatic carbocycles. The highest BCUT2D eigenvalue weighted by Crippen LogP contribution is 2.21. The van der Waals surface area contributed by atoms with Gasteiger partial charge < -0.3 is 15.6 Å². The van der Waals surface area contributed by atoms with Crippen molar-refractivity contribution in [2.75, 3.05) is 13.7 Å². The van der Waals surface area contributed by atoms with Crippen LogP contribution in [0.3, 0.4) is 0 Å². The molecule has 0 aliphatic rings. The summed E-state index contributed by atoms with van der Waals surface area (Å²) in [6, 6.07) is 3.79. The van der Waals surface area contributed by atoms with Crippen molar-refractivity contribution in [2.45, 2.75) is 6.04 Å². The lowest BCUT2D eigenvalue weighted by atomic mass is 10.1. The maximum atomic E-state index is 12.9. The summed E-state index contributed by atoms with van der Waals surface area (Å²) in [4.78, 5) is 0. The van der Waals surface area contributed by atoms with E-state index >= 15 is 0 Å². The number of rotatable bonds is 3. The van der Waals surface area contributed by atoms with E-state index in [9.17, 15) is 4.39 Å². The van der Waals surface area contributed by atoms with Crippen molar-refractivity contribution in [1.82, 2.24) is 0 Å². The summed E-state index contributed by atoms with van der Waals surface area (Å²) in [5.41, 5.74) is 6.19. The summed E-state index contributed by atoms with van der Waals surface area (Å²) in [6.45, 7) is -0.172. The number of ether oxygens (including phenoxy) is 1. The zero-order valence-corrected chi connectivity index (χ0v) is 7.33. The molecule has 0 aromatic heterocycles. The molecule has 3 nitrogen and oxygen atoms in total. The summed E-state index contributed by atoms with van der Waals surface area (Å²) < 4.78 is 17.7. The predicted octanol–water partition coefficient (Wildman–Crippen LogP) is 0.826. The Morgan fingerprint density at radius 3 is 2.85 bits per heavy atom. The second-order valence-electron chi connectivity index (χ2n) is 2.68. The molecule has 0 heterocycles. The second-order valence-corrected chi connectivity index (χ2v) is 2.68. The Balaban J connectivity index is 2.99. The molecule has 0 radical (unpaired) electrons. The van der Waals surface area contributed by atoms with Crippen LogP contribution in [0.15, 0.2) is 18.2 Å². The van der Waals surface area contributed by atoms with Crippen LogP contribution in [0, 0.1) is 5.82 Å². The van der Waals surface area contributed by atoms with Crippen LogP contribution in [0.25, 0.3) is 0 Å². The van der Waals surface area contributed by atoms with Gasteiger partial charge in [0, 0.05) is 0 Å². The first-order valence-corrected chi connectivity index (χ1v) is 3.89. The predicted molar refractivity (Wildman–Crippen MR) is 47.0 cm³/mol. The van der Waals surface area contributed by atoms with Crippen LogP contribution in [-0.2, 0) is 0 Å². The number of hydrogen-bond donors (Lipinski definition) is 2. The van der Waals surface area contributed by atoms with E-state index in [1.807, 2.05) is 0 Å². The van der Waals surface area contributed by atoms with Crippen LogP contribution >= 0.6 is 0 Å². The van der Waals surface area contributed by atoms with E-state index in [1.165, 1.54) is 25.3 Å². The van der Waals surface area contributed by atoms with Gasteiger partial charge in [-0.1, -0.05) is 6.07 Å². The lowest BCUT2D eigenvalue weighted by Crippen LogP contribution is -2.14. The molecule has 0 saturated heterocycles. The third-order valence-electron chi connectivity index (χ3n) is 1.80. The first-order valence-electron chi connectivity index (χ1n) is 3.89. The van der Waals surface area contributed by atoms with E-state index in [-0.39, 0.29) is 12.4 Å². The number of aliphatic hydroxyl groups is 1. The minimum atomic E-state index is -0.491. The van der Waals surface area contributed by atoms with E-state index in [0.29, 0.717) is 5.56 Å². The van der Waals surface area contributed by atoms with Crippen LogP contribution in [0.4, 0.5) is 4.39 Å². The molecule has 4 heteroatoms. The fourth-order valence-electron chi connectivity index (χ4n) is 1.01. The minimum absolute atomic E-state index is 0.140. The molecule has 0 unspecified atom stereocenters. The summed E-state index contributed by atoms with van der Waals surface area (Å²) >= 11 is 0. The Morgan fingerprint density at radius 2 is 2.31 bits per heavy atom. The molecule has 1 aromatic rings. The number of hydrogen-bond acceptors (Lipinski definition) is 3. The monoisotopic (exact) mass is 185 g/mol. The van der Waals surface area contributed by atoms with Crippen molar-refractivity contribution < 1.29 is 14.2 Å². The summed E-state index contributed by atoms with van der Waals surface area (Å²) in [5, 5.41) is 8.76. The largest absolute Gasteiger partial charge is 0.494 e. The van der Waals surface area contributed by atoms with Gasteiger partial charge in [0.25, 0.3) is 0 Å². The molecule has 3 N–H and O–H groups in total. The SMILES string of the molecule is COc1cc([C@@H](N)CO)ccc1F. The molecular weight excluding hydrogens is 173 g/mol. The lowest BCUT2D eigenvalue weighted by Gasteiger charge is -2.10. The summed E-state index contributed by atoms with van der Waals surface area (Å²) in [5.74, 6) is -0.294. The van der Waals surface area contributed by atoms with Gasteiger partial charge in [0.1, 0.15) is 0 Å². The molecule has 0 bridgehead atoms. The Bertz CT molecular complexity index is 291. The number of nitrogens with two attached hydrogens (primary N) is 1. The molecule has 0 saturated carbocycles. The zero-order chi connectivity index (χ0) is 9.84. The van der Waals surface area contributed by atoms with Gasteiger partial charge in [0.2, 0.25) is 0 Å². The topological polar surface area (TPSA) is 55.5 Å². The highest BCUT2D eigenvalue weighted by atomic mass is 19.1. The van der Waals surface area contributed by atoms with Gasteiger partial charge >= 0.3 is 0 Å². The lowest BCUT2D eigenvalue weighted by molar-refractivity contribution is 0.267. The molecule has 72 valence electrons.